The van der Waals surface area contributed by atoms with Crippen molar-refractivity contribution in [1.29, 1.82) is 0 Å². The maximum absolute atomic E-state index is 4.62. The molecule has 0 unspecified atom stereocenters. The molecule has 0 N–H and O–H groups in total. The topological polar surface area (TPSA) is 12.9 Å². The highest BCUT2D eigenvalue weighted by atomic mass is 14.7. The standard InChI is InChI=1S/C26H23N/c1-26(2,23-11-7-4-8-12-23)24-17-18-27-25(19-24)22-15-13-21(14-16-22)20-9-5-3-6-10-20/h3-19H,1-2H3. The van der Waals surface area contributed by atoms with Gasteiger partial charge in [0, 0.05) is 17.2 Å². The molecule has 0 fully saturated rings. The fourth-order valence-corrected chi connectivity index (χ4v) is 3.46. The van der Waals surface area contributed by atoms with E-state index in [1.54, 1.807) is 0 Å². The maximum atomic E-state index is 4.62. The third-order valence-corrected chi connectivity index (χ3v) is 5.26. The van der Waals surface area contributed by atoms with Crippen molar-refractivity contribution in [2.75, 3.05) is 0 Å². The van der Waals surface area contributed by atoms with Crippen LogP contribution in [-0.4, -0.2) is 4.98 Å². The van der Waals surface area contributed by atoms with E-state index < -0.39 is 0 Å². The van der Waals surface area contributed by atoms with Gasteiger partial charge in [-0.15, -0.1) is 0 Å². The third kappa shape index (κ3) is 3.54. The van der Waals surface area contributed by atoms with Gasteiger partial charge >= 0.3 is 0 Å². The third-order valence-electron chi connectivity index (χ3n) is 5.26. The van der Waals surface area contributed by atoms with Gasteiger partial charge in [0.1, 0.15) is 0 Å². The molecule has 0 bridgehead atoms. The number of hydrogen-bond acceptors (Lipinski definition) is 1. The van der Waals surface area contributed by atoms with Crippen LogP contribution in [0.2, 0.25) is 0 Å². The molecule has 0 saturated carbocycles. The second-order valence-corrected chi connectivity index (χ2v) is 7.36. The summed E-state index contributed by atoms with van der Waals surface area (Å²) in [7, 11) is 0. The number of hydrogen-bond donors (Lipinski definition) is 0. The minimum atomic E-state index is -0.0665. The van der Waals surface area contributed by atoms with Crippen molar-refractivity contribution < 1.29 is 0 Å². The average Bonchev–Trinajstić information content (AvgIpc) is 2.75. The molecule has 0 radical (unpaired) electrons. The molecule has 1 nitrogen and oxygen atoms in total. The van der Waals surface area contributed by atoms with Gasteiger partial charge in [-0.25, -0.2) is 0 Å². The smallest absolute Gasteiger partial charge is 0.0705 e. The fraction of sp³-hybridized carbons (Fsp3) is 0.115. The van der Waals surface area contributed by atoms with E-state index in [0.29, 0.717) is 0 Å². The van der Waals surface area contributed by atoms with Crippen LogP contribution < -0.4 is 0 Å². The number of pyridine rings is 1. The second-order valence-electron chi connectivity index (χ2n) is 7.36. The number of rotatable bonds is 4. The van der Waals surface area contributed by atoms with Gasteiger partial charge in [-0.3, -0.25) is 4.98 Å². The monoisotopic (exact) mass is 349 g/mol. The number of benzene rings is 3. The van der Waals surface area contributed by atoms with Gasteiger partial charge in [0.05, 0.1) is 5.69 Å². The summed E-state index contributed by atoms with van der Waals surface area (Å²) in [6, 6.07) is 34.1. The Morgan fingerprint density at radius 2 is 1.11 bits per heavy atom. The predicted molar refractivity (Wildman–Crippen MR) is 114 cm³/mol. The molecule has 0 atom stereocenters. The summed E-state index contributed by atoms with van der Waals surface area (Å²) < 4.78 is 0. The van der Waals surface area contributed by atoms with Crippen LogP contribution in [0.5, 0.6) is 0 Å². The van der Waals surface area contributed by atoms with Crippen LogP contribution in [0.3, 0.4) is 0 Å². The Bertz CT molecular complexity index is 1020. The van der Waals surface area contributed by atoms with E-state index >= 15 is 0 Å². The van der Waals surface area contributed by atoms with Gasteiger partial charge in [0.2, 0.25) is 0 Å². The van der Waals surface area contributed by atoms with Crippen LogP contribution in [0.4, 0.5) is 0 Å². The minimum Gasteiger partial charge on any atom is -0.256 e. The molecule has 132 valence electrons. The van der Waals surface area contributed by atoms with Crippen LogP contribution in [0, 0.1) is 0 Å². The Morgan fingerprint density at radius 3 is 1.78 bits per heavy atom. The van der Waals surface area contributed by atoms with Crippen molar-refractivity contribution in [3.63, 3.8) is 0 Å². The van der Waals surface area contributed by atoms with Crippen molar-refractivity contribution in [1.82, 2.24) is 4.98 Å². The highest BCUT2D eigenvalue weighted by Crippen LogP contribution is 2.33. The molecule has 0 aliphatic heterocycles. The lowest BCUT2D eigenvalue weighted by Gasteiger charge is -2.26. The van der Waals surface area contributed by atoms with Crippen LogP contribution in [-0.2, 0) is 5.41 Å². The number of nitrogens with zero attached hydrogens (tertiary/aromatic N) is 1. The molecule has 27 heavy (non-hydrogen) atoms. The first-order valence-corrected chi connectivity index (χ1v) is 9.32. The maximum Gasteiger partial charge on any atom is 0.0705 e. The summed E-state index contributed by atoms with van der Waals surface area (Å²) in [6.07, 6.45) is 1.92. The van der Waals surface area contributed by atoms with E-state index in [-0.39, 0.29) is 5.41 Å². The molecular formula is C26H23N. The molecule has 0 spiro atoms. The molecular weight excluding hydrogens is 326 g/mol. The van der Waals surface area contributed by atoms with Crippen LogP contribution in [0.15, 0.2) is 103 Å². The lowest BCUT2D eigenvalue weighted by atomic mass is 9.78. The molecule has 4 aromatic rings. The molecule has 0 saturated heterocycles. The highest BCUT2D eigenvalue weighted by molar-refractivity contribution is 5.69. The van der Waals surface area contributed by atoms with Crippen LogP contribution >= 0.6 is 0 Å². The van der Waals surface area contributed by atoms with Crippen LogP contribution in [0.25, 0.3) is 22.4 Å². The van der Waals surface area contributed by atoms with Gasteiger partial charge in [0.25, 0.3) is 0 Å². The largest absolute Gasteiger partial charge is 0.256 e. The molecule has 1 heteroatoms. The average molecular weight is 349 g/mol. The molecule has 3 aromatic carbocycles. The zero-order valence-electron chi connectivity index (χ0n) is 15.8. The second kappa shape index (κ2) is 7.20. The van der Waals surface area contributed by atoms with E-state index in [1.807, 2.05) is 12.3 Å². The Hall–Kier alpha value is -3.19. The summed E-state index contributed by atoms with van der Waals surface area (Å²) in [4.78, 5) is 4.62. The Balaban J connectivity index is 1.67. The van der Waals surface area contributed by atoms with Gasteiger partial charge in [-0.1, -0.05) is 98.8 Å². The molecule has 1 heterocycles. The molecule has 0 aliphatic rings. The highest BCUT2D eigenvalue weighted by Gasteiger charge is 2.23. The fourth-order valence-electron chi connectivity index (χ4n) is 3.46. The van der Waals surface area contributed by atoms with E-state index in [1.165, 1.54) is 22.3 Å². The van der Waals surface area contributed by atoms with Crippen molar-refractivity contribution in [3.05, 3.63) is 114 Å². The normalized spacial score (nSPS) is 11.3. The summed E-state index contributed by atoms with van der Waals surface area (Å²) in [5, 5.41) is 0. The van der Waals surface area contributed by atoms with Gasteiger partial charge < -0.3 is 0 Å². The Kier molecular flexibility index (Phi) is 4.60. The summed E-state index contributed by atoms with van der Waals surface area (Å²) in [5.74, 6) is 0. The van der Waals surface area contributed by atoms with Crippen molar-refractivity contribution >= 4 is 0 Å². The number of aromatic nitrogens is 1. The van der Waals surface area contributed by atoms with Crippen molar-refractivity contribution in [3.8, 4) is 22.4 Å². The van der Waals surface area contributed by atoms with Crippen molar-refractivity contribution in [2.45, 2.75) is 19.3 Å². The SMILES string of the molecule is CC(C)(c1ccccc1)c1ccnc(-c2ccc(-c3ccccc3)cc2)c1. The summed E-state index contributed by atoms with van der Waals surface area (Å²) in [6.45, 7) is 4.53. The minimum absolute atomic E-state index is 0.0665. The molecule has 0 aliphatic carbocycles. The van der Waals surface area contributed by atoms with Gasteiger partial charge in [0.15, 0.2) is 0 Å². The predicted octanol–water partition coefficient (Wildman–Crippen LogP) is 6.74. The zero-order valence-corrected chi connectivity index (χ0v) is 15.8. The summed E-state index contributed by atoms with van der Waals surface area (Å²) in [5.41, 5.74) is 7.11. The Labute approximate surface area is 161 Å². The van der Waals surface area contributed by atoms with E-state index in [4.69, 9.17) is 0 Å². The van der Waals surface area contributed by atoms with E-state index in [0.717, 1.165) is 11.3 Å². The quantitative estimate of drug-likeness (QED) is 0.397. The van der Waals surface area contributed by atoms with E-state index in [9.17, 15) is 0 Å². The summed E-state index contributed by atoms with van der Waals surface area (Å²) >= 11 is 0. The van der Waals surface area contributed by atoms with Gasteiger partial charge in [-0.05, 0) is 34.4 Å². The molecule has 1 aromatic heterocycles. The first-order chi connectivity index (χ1) is 13.1. The molecule has 4 rings (SSSR count). The lowest BCUT2D eigenvalue weighted by Crippen LogP contribution is -2.18. The first-order valence-electron chi connectivity index (χ1n) is 9.32. The lowest BCUT2D eigenvalue weighted by molar-refractivity contribution is 0.640. The Morgan fingerprint density at radius 1 is 0.556 bits per heavy atom. The first kappa shape index (κ1) is 17.2. The van der Waals surface area contributed by atoms with Gasteiger partial charge in [-0.2, -0.15) is 0 Å². The van der Waals surface area contributed by atoms with E-state index in [2.05, 4.69) is 110 Å². The van der Waals surface area contributed by atoms with Crippen molar-refractivity contribution in [2.24, 2.45) is 0 Å². The zero-order chi connectivity index (χ0) is 18.7. The molecule has 0 amide bonds. The van der Waals surface area contributed by atoms with Crippen LogP contribution in [0.1, 0.15) is 25.0 Å².